The van der Waals surface area contributed by atoms with Gasteiger partial charge >= 0.3 is 0 Å². The van der Waals surface area contributed by atoms with E-state index in [4.69, 9.17) is 9.15 Å². The second kappa shape index (κ2) is 3.91. The maximum atomic E-state index is 12.4. The van der Waals surface area contributed by atoms with E-state index in [9.17, 15) is 15.0 Å². The number of ether oxygens (including phenoxy) is 1. The van der Waals surface area contributed by atoms with Crippen LogP contribution in [0.15, 0.2) is 39.5 Å². The molecule has 5 heteroatoms. The number of hydrogen-bond donors (Lipinski definition) is 2. The molecule has 0 bridgehead atoms. The molecule has 0 fully saturated rings. The summed E-state index contributed by atoms with van der Waals surface area (Å²) in [5, 5.41) is 19.8. The maximum Gasteiger partial charge on any atom is 0.208 e. The molecule has 5 nitrogen and oxygen atoms in total. The molecular weight excluding hydrogens is 248 g/mol. The monoisotopic (exact) mass is 258 g/mol. The lowest BCUT2D eigenvalue weighted by Crippen LogP contribution is -2.04. The number of methoxy groups -OCH3 is 1. The van der Waals surface area contributed by atoms with Crippen molar-refractivity contribution in [2.75, 3.05) is 7.11 Å². The lowest BCUT2D eigenvalue weighted by Gasteiger charge is -2.07. The highest BCUT2D eigenvalue weighted by molar-refractivity contribution is 5.97. The van der Waals surface area contributed by atoms with E-state index < -0.39 is 5.43 Å². The Morgan fingerprint density at radius 3 is 2.58 bits per heavy atom. The first-order valence-corrected chi connectivity index (χ1v) is 5.58. The predicted molar refractivity (Wildman–Crippen MR) is 69.9 cm³/mol. The van der Waals surface area contributed by atoms with Crippen LogP contribution in [-0.2, 0) is 0 Å². The van der Waals surface area contributed by atoms with Crippen molar-refractivity contribution in [3.63, 3.8) is 0 Å². The normalized spacial score (nSPS) is 11.0. The van der Waals surface area contributed by atoms with Gasteiger partial charge in [-0.2, -0.15) is 0 Å². The first-order valence-electron chi connectivity index (χ1n) is 5.58. The molecule has 0 unspecified atom stereocenters. The lowest BCUT2D eigenvalue weighted by atomic mass is 10.1. The Hall–Kier alpha value is -2.69. The van der Waals surface area contributed by atoms with E-state index in [2.05, 4.69) is 0 Å². The van der Waals surface area contributed by atoms with Crippen LogP contribution in [0.25, 0.3) is 21.9 Å². The fraction of sp³-hybridized carbons (Fsp3) is 0.0714. The second-order valence-corrected chi connectivity index (χ2v) is 4.07. The lowest BCUT2D eigenvalue weighted by molar-refractivity contribution is 0.416. The predicted octanol–water partition coefficient (Wildman–Crippen LogP) is 2.37. The third-order valence-electron chi connectivity index (χ3n) is 2.99. The van der Waals surface area contributed by atoms with Crippen LogP contribution in [0.3, 0.4) is 0 Å². The van der Waals surface area contributed by atoms with Crippen molar-refractivity contribution in [3.8, 4) is 17.2 Å². The van der Waals surface area contributed by atoms with Crippen LogP contribution < -0.4 is 10.2 Å². The van der Waals surface area contributed by atoms with Gasteiger partial charge in [-0.15, -0.1) is 0 Å². The number of fused-ring (bicyclic) bond motifs is 2. The molecule has 1 heterocycles. The quantitative estimate of drug-likeness (QED) is 0.655. The third kappa shape index (κ3) is 1.52. The summed E-state index contributed by atoms with van der Waals surface area (Å²) >= 11 is 0. The van der Waals surface area contributed by atoms with Gasteiger partial charge in [-0.05, 0) is 24.3 Å². The summed E-state index contributed by atoms with van der Waals surface area (Å²) in [5.74, 6) is -0.0385. The van der Waals surface area contributed by atoms with Crippen molar-refractivity contribution < 1.29 is 19.4 Å². The molecule has 3 aromatic rings. The number of benzene rings is 2. The summed E-state index contributed by atoms with van der Waals surface area (Å²) in [4.78, 5) is 12.4. The SMILES string of the molecule is COc1ccc(O)c2oc3cccc(O)c3c(=O)c12. The minimum atomic E-state index is -0.442. The highest BCUT2D eigenvalue weighted by Gasteiger charge is 2.17. The third-order valence-corrected chi connectivity index (χ3v) is 2.99. The molecule has 0 spiro atoms. The average molecular weight is 258 g/mol. The summed E-state index contributed by atoms with van der Waals surface area (Å²) in [6.45, 7) is 0. The Kier molecular flexibility index (Phi) is 2.35. The molecule has 2 N–H and O–H groups in total. The molecule has 0 radical (unpaired) electrons. The number of hydrogen-bond acceptors (Lipinski definition) is 5. The molecule has 96 valence electrons. The van der Waals surface area contributed by atoms with E-state index in [1.165, 1.54) is 25.3 Å². The Morgan fingerprint density at radius 2 is 1.84 bits per heavy atom. The molecule has 0 atom stereocenters. The van der Waals surface area contributed by atoms with Gasteiger partial charge in [0, 0.05) is 0 Å². The van der Waals surface area contributed by atoms with E-state index in [0.717, 1.165) is 0 Å². The standard InChI is InChI=1S/C14H10O5/c1-18-9-6-5-8(16)14-12(9)13(17)11-7(15)3-2-4-10(11)19-14/h2-6,15-16H,1H3. The molecule has 2 aromatic carbocycles. The molecule has 0 amide bonds. The van der Waals surface area contributed by atoms with E-state index in [-0.39, 0.29) is 39.2 Å². The van der Waals surface area contributed by atoms with E-state index in [1.807, 2.05) is 0 Å². The molecule has 0 aliphatic rings. The molecule has 0 saturated carbocycles. The Labute approximate surface area is 107 Å². The van der Waals surface area contributed by atoms with Gasteiger partial charge in [0.15, 0.2) is 11.3 Å². The molecule has 1 aromatic heterocycles. The topological polar surface area (TPSA) is 79.9 Å². The molecule has 0 aliphatic heterocycles. The van der Waals surface area contributed by atoms with E-state index in [1.54, 1.807) is 12.1 Å². The molecule has 0 aliphatic carbocycles. The van der Waals surface area contributed by atoms with Crippen LogP contribution in [0, 0.1) is 0 Å². The van der Waals surface area contributed by atoms with E-state index >= 15 is 0 Å². The number of phenolic OH excluding ortho intramolecular Hbond substituents is 2. The largest absolute Gasteiger partial charge is 0.507 e. The number of aromatic hydroxyl groups is 2. The van der Waals surface area contributed by atoms with Crippen LogP contribution >= 0.6 is 0 Å². The van der Waals surface area contributed by atoms with Crippen molar-refractivity contribution >= 4 is 21.9 Å². The fourth-order valence-electron chi connectivity index (χ4n) is 2.11. The Morgan fingerprint density at radius 1 is 1.05 bits per heavy atom. The first kappa shape index (κ1) is 11.4. The Bertz CT molecular complexity index is 848. The molecule has 19 heavy (non-hydrogen) atoms. The number of phenols is 2. The molecule has 0 saturated heterocycles. The smallest absolute Gasteiger partial charge is 0.208 e. The minimum absolute atomic E-state index is 0.0439. The summed E-state index contributed by atoms with van der Waals surface area (Å²) < 4.78 is 10.6. The zero-order chi connectivity index (χ0) is 13.6. The zero-order valence-electron chi connectivity index (χ0n) is 10.0. The van der Waals surface area contributed by atoms with Gasteiger partial charge in [-0.3, -0.25) is 4.79 Å². The van der Waals surface area contributed by atoms with Gasteiger partial charge < -0.3 is 19.4 Å². The van der Waals surface area contributed by atoms with E-state index in [0.29, 0.717) is 0 Å². The first-order chi connectivity index (χ1) is 9.13. The molecule has 3 rings (SSSR count). The zero-order valence-corrected chi connectivity index (χ0v) is 10.0. The van der Waals surface area contributed by atoms with Crippen molar-refractivity contribution in [3.05, 3.63) is 40.6 Å². The Balaban J connectivity index is 2.66. The summed E-state index contributed by atoms with van der Waals surface area (Å²) in [6.07, 6.45) is 0. The van der Waals surface area contributed by atoms with Crippen molar-refractivity contribution in [2.45, 2.75) is 0 Å². The maximum absolute atomic E-state index is 12.4. The minimum Gasteiger partial charge on any atom is -0.507 e. The van der Waals surface area contributed by atoms with Gasteiger partial charge in [-0.25, -0.2) is 0 Å². The fourth-order valence-corrected chi connectivity index (χ4v) is 2.11. The van der Waals surface area contributed by atoms with Gasteiger partial charge in [0.25, 0.3) is 0 Å². The highest BCUT2D eigenvalue weighted by atomic mass is 16.5. The van der Waals surface area contributed by atoms with Gasteiger partial charge in [0.1, 0.15) is 27.9 Å². The summed E-state index contributed by atoms with van der Waals surface area (Å²) in [7, 11) is 1.42. The van der Waals surface area contributed by atoms with Crippen LogP contribution in [0.1, 0.15) is 0 Å². The van der Waals surface area contributed by atoms with Crippen LogP contribution in [0.2, 0.25) is 0 Å². The van der Waals surface area contributed by atoms with Gasteiger partial charge in [-0.1, -0.05) is 6.07 Å². The van der Waals surface area contributed by atoms with Crippen molar-refractivity contribution in [1.29, 1.82) is 0 Å². The summed E-state index contributed by atoms with van der Waals surface area (Å²) in [5.41, 5.74) is -0.189. The summed E-state index contributed by atoms with van der Waals surface area (Å²) in [6, 6.07) is 7.37. The second-order valence-electron chi connectivity index (χ2n) is 4.07. The van der Waals surface area contributed by atoms with Crippen LogP contribution in [0.5, 0.6) is 17.2 Å². The van der Waals surface area contributed by atoms with Crippen molar-refractivity contribution in [1.82, 2.24) is 0 Å². The van der Waals surface area contributed by atoms with Gasteiger partial charge in [0.05, 0.1) is 7.11 Å². The molecular formula is C14H10O5. The van der Waals surface area contributed by atoms with Crippen LogP contribution in [0.4, 0.5) is 0 Å². The number of rotatable bonds is 1. The average Bonchev–Trinajstić information content (AvgIpc) is 2.40. The van der Waals surface area contributed by atoms with Crippen molar-refractivity contribution in [2.24, 2.45) is 0 Å². The highest BCUT2D eigenvalue weighted by Crippen LogP contribution is 2.34. The van der Waals surface area contributed by atoms with Crippen LogP contribution in [-0.4, -0.2) is 17.3 Å². The van der Waals surface area contributed by atoms with Gasteiger partial charge in [0.2, 0.25) is 5.43 Å².